The number of halogens is 2. The lowest BCUT2D eigenvalue weighted by Gasteiger charge is -2.39. The molecular formula is C26H24ClFN2O2. The fourth-order valence-corrected chi connectivity index (χ4v) is 4.30. The van der Waals surface area contributed by atoms with Gasteiger partial charge in [0.2, 0.25) is 5.91 Å². The summed E-state index contributed by atoms with van der Waals surface area (Å²) in [6, 6.07) is 22.7. The van der Waals surface area contributed by atoms with Gasteiger partial charge in [0.1, 0.15) is 5.82 Å². The molecule has 164 valence electrons. The second-order valence-electron chi connectivity index (χ2n) is 8.01. The fourth-order valence-electron chi connectivity index (χ4n) is 4.17. The van der Waals surface area contributed by atoms with Gasteiger partial charge >= 0.3 is 0 Å². The van der Waals surface area contributed by atoms with Crippen LogP contribution in [0.5, 0.6) is 0 Å². The van der Waals surface area contributed by atoms with Gasteiger partial charge < -0.3 is 10.2 Å². The summed E-state index contributed by atoms with van der Waals surface area (Å²) in [5, 5.41) is 3.46. The molecule has 1 aliphatic heterocycles. The van der Waals surface area contributed by atoms with Crippen LogP contribution in [-0.4, -0.2) is 23.3 Å². The summed E-state index contributed by atoms with van der Waals surface area (Å²) in [4.78, 5) is 28.1. The van der Waals surface area contributed by atoms with E-state index in [1.807, 2.05) is 30.3 Å². The van der Waals surface area contributed by atoms with Crippen molar-refractivity contribution in [1.82, 2.24) is 10.2 Å². The molecule has 0 unspecified atom stereocenters. The van der Waals surface area contributed by atoms with E-state index in [2.05, 4.69) is 5.32 Å². The molecular weight excluding hydrogens is 427 g/mol. The van der Waals surface area contributed by atoms with Crippen LogP contribution in [0.3, 0.4) is 0 Å². The minimum Gasteiger partial charge on any atom is -0.352 e. The molecule has 0 radical (unpaired) electrons. The zero-order valence-corrected chi connectivity index (χ0v) is 18.3. The molecule has 4 rings (SSSR count). The van der Waals surface area contributed by atoms with Gasteiger partial charge in [-0.25, -0.2) is 4.39 Å². The average Bonchev–Trinajstić information content (AvgIpc) is 2.83. The third-order valence-corrected chi connectivity index (χ3v) is 6.10. The lowest BCUT2D eigenvalue weighted by molar-refractivity contribution is -0.127. The van der Waals surface area contributed by atoms with Gasteiger partial charge in [-0.05, 0) is 60.4 Å². The quantitative estimate of drug-likeness (QED) is 0.566. The minimum atomic E-state index is -0.334. The predicted octanol–water partition coefficient (Wildman–Crippen LogP) is 5.39. The average molecular weight is 451 g/mol. The van der Waals surface area contributed by atoms with Gasteiger partial charge in [0.15, 0.2) is 0 Å². The first-order valence-electron chi connectivity index (χ1n) is 10.6. The van der Waals surface area contributed by atoms with Gasteiger partial charge in [0.25, 0.3) is 5.91 Å². The number of benzene rings is 3. The Morgan fingerprint density at radius 2 is 1.72 bits per heavy atom. The van der Waals surface area contributed by atoms with Gasteiger partial charge in [-0.2, -0.15) is 0 Å². The van der Waals surface area contributed by atoms with Gasteiger partial charge in [-0.1, -0.05) is 54.1 Å². The van der Waals surface area contributed by atoms with Crippen LogP contribution in [0.2, 0.25) is 5.02 Å². The molecule has 0 aliphatic carbocycles. The van der Waals surface area contributed by atoms with E-state index in [9.17, 15) is 14.0 Å². The van der Waals surface area contributed by atoms with Crippen LogP contribution in [0.1, 0.15) is 40.4 Å². The Balaban J connectivity index is 1.51. The molecule has 32 heavy (non-hydrogen) atoms. The Hall–Kier alpha value is -3.18. The number of carbonyl (C=O) groups is 2. The highest BCUT2D eigenvalue weighted by atomic mass is 35.5. The van der Waals surface area contributed by atoms with E-state index in [0.29, 0.717) is 35.5 Å². The van der Waals surface area contributed by atoms with Crippen LogP contribution < -0.4 is 5.32 Å². The molecule has 4 nitrogen and oxygen atoms in total. The standard InChI is InChI=1S/C26H24ClFN2O2/c27-22-12-9-20(10-13-22)26(32)30-17-21(11-14-24(30)19-6-2-1-3-7-19)25(31)29-16-18-5-4-8-23(28)15-18/h1-10,12-13,15,21,24H,11,14,16-17H2,(H,29,31)/t21-,24-/m1/s1. The molecule has 0 bridgehead atoms. The van der Waals surface area contributed by atoms with Gasteiger partial charge in [0, 0.05) is 23.7 Å². The van der Waals surface area contributed by atoms with Gasteiger partial charge in [0.05, 0.1) is 12.0 Å². The number of nitrogens with one attached hydrogen (secondary N) is 1. The highest BCUT2D eigenvalue weighted by Crippen LogP contribution is 2.34. The van der Waals surface area contributed by atoms with Crippen molar-refractivity contribution in [2.75, 3.05) is 6.54 Å². The van der Waals surface area contributed by atoms with Crippen LogP contribution in [0.4, 0.5) is 4.39 Å². The maximum absolute atomic E-state index is 13.4. The van der Waals surface area contributed by atoms with Crippen molar-refractivity contribution in [1.29, 1.82) is 0 Å². The predicted molar refractivity (Wildman–Crippen MR) is 123 cm³/mol. The van der Waals surface area contributed by atoms with E-state index in [0.717, 1.165) is 5.56 Å². The summed E-state index contributed by atoms with van der Waals surface area (Å²) in [5.74, 6) is -0.924. The SMILES string of the molecule is O=C(NCc1cccc(F)c1)[C@@H]1CC[C@H](c2ccccc2)N(C(=O)c2ccc(Cl)cc2)C1. The Labute approximate surface area is 192 Å². The number of piperidine rings is 1. The number of amides is 2. The second-order valence-corrected chi connectivity index (χ2v) is 8.45. The zero-order chi connectivity index (χ0) is 22.5. The monoisotopic (exact) mass is 450 g/mol. The fraction of sp³-hybridized carbons (Fsp3) is 0.231. The van der Waals surface area contributed by atoms with E-state index in [4.69, 9.17) is 11.6 Å². The van der Waals surface area contributed by atoms with E-state index in [1.54, 1.807) is 41.3 Å². The first-order valence-corrected chi connectivity index (χ1v) is 11.0. The Morgan fingerprint density at radius 1 is 0.969 bits per heavy atom. The van der Waals surface area contributed by atoms with Crippen molar-refractivity contribution < 1.29 is 14.0 Å². The van der Waals surface area contributed by atoms with Crippen LogP contribution >= 0.6 is 11.6 Å². The van der Waals surface area contributed by atoms with E-state index < -0.39 is 0 Å². The van der Waals surface area contributed by atoms with E-state index >= 15 is 0 Å². The summed E-state index contributed by atoms with van der Waals surface area (Å²) < 4.78 is 13.4. The Kier molecular flexibility index (Phi) is 6.86. The minimum absolute atomic E-state index is 0.105. The summed E-state index contributed by atoms with van der Waals surface area (Å²) in [7, 11) is 0. The zero-order valence-electron chi connectivity index (χ0n) is 17.5. The number of nitrogens with zero attached hydrogens (tertiary/aromatic N) is 1. The highest BCUT2D eigenvalue weighted by molar-refractivity contribution is 6.30. The number of carbonyl (C=O) groups excluding carboxylic acids is 2. The van der Waals surface area contributed by atoms with E-state index in [1.165, 1.54) is 12.1 Å². The first-order chi connectivity index (χ1) is 15.5. The third-order valence-electron chi connectivity index (χ3n) is 5.84. The van der Waals surface area contributed by atoms with Crippen LogP contribution in [0, 0.1) is 11.7 Å². The van der Waals surface area contributed by atoms with Gasteiger partial charge in [-0.3, -0.25) is 9.59 Å². The molecule has 1 aliphatic rings. The lowest BCUT2D eigenvalue weighted by atomic mass is 9.87. The van der Waals surface area contributed by atoms with Crippen molar-refractivity contribution in [3.05, 3.63) is 106 Å². The molecule has 3 aromatic rings. The smallest absolute Gasteiger partial charge is 0.254 e. The highest BCUT2D eigenvalue weighted by Gasteiger charge is 2.35. The Morgan fingerprint density at radius 3 is 2.44 bits per heavy atom. The van der Waals surface area contributed by atoms with Crippen molar-refractivity contribution in [2.24, 2.45) is 5.92 Å². The summed E-state index contributed by atoms with van der Waals surface area (Å²) in [6.07, 6.45) is 1.35. The number of rotatable bonds is 5. The third kappa shape index (κ3) is 5.17. The number of likely N-dealkylation sites (tertiary alicyclic amines) is 1. The normalized spacial score (nSPS) is 18.2. The van der Waals surface area contributed by atoms with Crippen molar-refractivity contribution >= 4 is 23.4 Å². The van der Waals surface area contributed by atoms with Gasteiger partial charge in [-0.15, -0.1) is 0 Å². The van der Waals surface area contributed by atoms with Crippen molar-refractivity contribution in [3.8, 4) is 0 Å². The van der Waals surface area contributed by atoms with Crippen LogP contribution in [0.15, 0.2) is 78.9 Å². The summed E-state index contributed by atoms with van der Waals surface area (Å²) in [6.45, 7) is 0.566. The van der Waals surface area contributed by atoms with E-state index in [-0.39, 0.29) is 36.1 Å². The van der Waals surface area contributed by atoms with Crippen LogP contribution in [-0.2, 0) is 11.3 Å². The van der Waals surface area contributed by atoms with Crippen molar-refractivity contribution in [2.45, 2.75) is 25.4 Å². The topological polar surface area (TPSA) is 49.4 Å². The lowest BCUT2D eigenvalue weighted by Crippen LogP contribution is -2.46. The molecule has 1 saturated heterocycles. The largest absolute Gasteiger partial charge is 0.352 e. The molecule has 3 aromatic carbocycles. The molecule has 0 spiro atoms. The Bertz CT molecular complexity index is 1090. The molecule has 0 saturated carbocycles. The molecule has 6 heteroatoms. The van der Waals surface area contributed by atoms with Crippen molar-refractivity contribution in [3.63, 3.8) is 0 Å². The maximum Gasteiger partial charge on any atom is 0.254 e. The van der Waals surface area contributed by atoms with Crippen LogP contribution in [0.25, 0.3) is 0 Å². The molecule has 2 atom stereocenters. The summed E-state index contributed by atoms with van der Waals surface area (Å²) in [5.41, 5.74) is 2.29. The maximum atomic E-state index is 13.4. The molecule has 1 fully saturated rings. The first kappa shape index (κ1) is 22.0. The number of hydrogen-bond acceptors (Lipinski definition) is 2. The summed E-state index contributed by atoms with van der Waals surface area (Å²) >= 11 is 5.99. The molecule has 1 heterocycles. The molecule has 2 amide bonds. The number of hydrogen-bond donors (Lipinski definition) is 1. The molecule has 0 aromatic heterocycles. The second kappa shape index (κ2) is 9.96. The molecule has 1 N–H and O–H groups in total.